The fourth-order valence-electron chi connectivity index (χ4n) is 1.88. The lowest BCUT2D eigenvalue weighted by molar-refractivity contribution is 0.655. The summed E-state index contributed by atoms with van der Waals surface area (Å²) in [6, 6.07) is 9.28. The number of aryl methyl sites for hydroxylation is 2. The van der Waals surface area contributed by atoms with Crippen LogP contribution in [0.2, 0.25) is 0 Å². The molecule has 0 saturated carbocycles. The van der Waals surface area contributed by atoms with E-state index in [2.05, 4.69) is 11.1 Å². The summed E-state index contributed by atoms with van der Waals surface area (Å²) in [5, 5.41) is 0. The minimum absolute atomic E-state index is 0.191. The Morgan fingerprint density at radius 1 is 1.28 bits per heavy atom. The van der Waals surface area contributed by atoms with Crippen LogP contribution in [0.1, 0.15) is 11.1 Å². The summed E-state index contributed by atoms with van der Waals surface area (Å²) < 4.78 is 1.36. The van der Waals surface area contributed by atoms with E-state index < -0.39 is 11.2 Å². The molecule has 0 amide bonds. The number of nitrogens with one attached hydrogen (secondary N) is 1. The summed E-state index contributed by atoms with van der Waals surface area (Å²) in [6.45, 7) is 2.47. The number of hydrogen-bond acceptors (Lipinski definition) is 3. The minimum atomic E-state index is -0.468. The lowest BCUT2D eigenvalue weighted by Crippen LogP contribution is -2.31. The molecule has 0 aliphatic heterocycles. The summed E-state index contributed by atoms with van der Waals surface area (Å²) in [4.78, 5) is 24.8. The smallest absolute Gasteiger partial charge is 0.329 e. The van der Waals surface area contributed by atoms with Crippen molar-refractivity contribution in [2.24, 2.45) is 0 Å². The van der Waals surface area contributed by atoms with Gasteiger partial charge in [0.15, 0.2) is 0 Å². The average Bonchev–Trinajstić information content (AvgIpc) is 2.27. The lowest BCUT2D eigenvalue weighted by Gasteiger charge is -2.08. The molecule has 0 aliphatic rings. The van der Waals surface area contributed by atoms with Crippen LogP contribution in [0.3, 0.4) is 0 Å². The van der Waals surface area contributed by atoms with Gasteiger partial charge in [-0.2, -0.15) is 0 Å². The van der Waals surface area contributed by atoms with Gasteiger partial charge in [0.25, 0.3) is 5.56 Å². The van der Waals surface area contributed by atoms with Crippen LogP contribution in [0.25, 0.3) is 0 Å². The number of H-pyrrole nitrogens is 1. The molecule has 0 saturated heterocycles. The molecular formula is C13H15N3O2. The van der Waals surface area contributed by atoms with Crippen LogP contribution in [0.15, 0.2) is 39.9 Å². The van der Waals surface area contributed by atoms with Gasteiger partial charge in [-0.15, -0.1) is 0 Å². The van der Waals surface area contributed by atoms with Crippen LogP contribution in [-0.2, 0) is 13.0 Å². The van der Waals surface area contributed by atoms with Crippen molar-refractivity contribution in [3.8, 4) is 0 Å². The largest absolute Gasteiger partial charge is 0.385 e. The van der Waals surface area contributed by atoms with Crippen molar-refractivity contribution < 1.29 is 0 Å². The molecule has 2 rings (SSSR count). The first-order chi connectivity index (χ1) is 8.56. The quantitative estimate of drug-likeness (QED) is 0.834. The van der Waals surface area contributed by atoms with Gasteiger partial charge in [0.05, 0.1) is 0 Å². The highest BCUT2D eigenvalue weighted by Crippen LogP contribution is 2.06. The maximum absolute atomic E-state index is 11.6. The van der Waals surface area contributed by atoms with E-state index in [-0.39, 0.29) is 5.82 Å². The van der Waals surface area contributed by atoms with Gasteiger partial charge in [0, 0.05) is 12.6 Å². The molecule has 1 aromatic carbocycles. The van der Waals surface area contributed by atoms with Crippen molar-refractivity contribution in [1.29, 1.82) is 0 Å². The van der Waals surface area contributed by atoms with E-state index >= 15 is 0 Å². The van der Waals surface area contributed by atoms with Crippen LogP contribution in [-0.4, -0.2) is 9.55 Å². The summed E-state index contributed by atoms with van der Waals surface area (Å²) in [5.41, 5.74) is 7.03. The Hall–Kier alpha value is -2.30. The van der Waals surface area contributed by atoms with Crippen molar-refractivity contribution in [2.45, 2.75) is 19.9 Å². The van der Waals surface area contributed by atoms with Crippen molar-refractivity contribution in [2.75, 3.05) is 5.73 Å². The Bertz CT molecular complexity index is 670. The second-order valence-electron chi connectivity index (χ2n) is 4.25. The Labute approximate surface area is 104 Å². The zero-order chi connectivity index (χ0) is 13.1. The van der Waals surface area contributed by atoms with E-state index in [0.29, 0.717) is 13.0 Å². The van der Waals surface area contributed by atoms with E-state index in [0.717, 1.165) is 5.56 Å². The Balaban J connectivity index is 2.21. The van der Waals surface area contributed by atoms with E-state index in [9.17, 15) is 9.59 Å². The summed E-state index contributed by atoms with van der Waals surface area (Å²) in [6.07, 6.45) is 0.692. The summed E-state index contributed by atoms with van der Waals surface area (Å²) in [7, 11) is 0. The Morgan fingerprint density at radius 3 is 2.72 bits per heavy atom. The predicted molar refractivity (Wildman–Crippen MR) is 70.6 cm³/mol. The van der Waals surface area contributed by atoms with Crippen molar-refractivity contribution in [1.82, 2.24) is 9.55 Å². The summed E-state index contributed by atoms with van der Waals surface area (Å²) in [5.74, 6) is 0.191. The van der Waals surface area contributed by atoms with Crippen molar-refractivity contribution >= 4 is 5.82 Å². The van der Waals surface area contributed by atoms with Crippen LogP contribution < -0.4 is 17.0 Å². The molecule has 0 aliphatic carbocycles. The fourth-order valence-corrected chi connectivity index (χ4v) is 1.88. The highest BCUT2D eigenvalue weighted by molar-refractivity contribution is 5.27. The fraction of sp³-hybridized carbons (Fsp3) is 0.231. The number of nitrogen functional groups attached to an aromatic ring is 1. The molecule has 0 spiro atoms. The number of benzene rings is 1. The van der Waals surface area contributed by atoms with E-state index in [1.807, 2.05) is 25.1 Å². The number of hydrogen-bond donors (Lipinski definition) is 2. The Morgan fingerprint density at radius 2 is 2.06 bits per heavy atom. The molecule has 2 aromatic rings. The number of rotatable bonds is 3. The second kappa shape index (κ2) is 4.91. The normalized spacial score (nSPS) is 10.5. The van der Waals surface area contributed by atoms with Gasteiger partial charge in [-0.05, 0) is 18.9 Å². The molecule has 0 bridgehead atoms. The number of nitrogens with two attached hydrogens (primary N) is 1. The molecule has 18 heavy (non-hydrogen) atoms. The number of aromatic nitrogens is 2. The van der Waals surface area contributed by atoms with E-state index in [1.54, 1.807) is 0 Å². The first kappa shape index (κ1) is 12.2. The molecule has 94 valence electrons. The molecule has 0 unspecified atom stereocenters. The molecule has 1 heterocycles. The van der Waals surface area contributed by atoms with Gasteiger partial charge in [0.2, 0.25) is 0 Å². The van der Waals surface area contributed by atoms with Gasteiger partial charge in [-0.1, -0.05) is 29.8 Å². The van der Waals surface area contributed by atoms with Crippen LogP contribution in [0, 0.1) is 6.92 Å². The second-order valence-corrected chi connectivity index (χ2v) is 4.25. The monoisotopic (exact) mass is 245 g/mol. The highest BCUT2D eigenvalue weighted by Gasteiger charge is 2.03. The topological polar surface area (TPSA) is 80.9 Å². The summed E-state index contributed by atoms with van der Waals surface area (Å²) >= 11 is 0. The van der Waals surface area contributed by atoms with Crippen LogP contribution in [0.4, 0.5) is 5.82 Å². The maximum atomic E-state index is 11.6. The van der Waals surface area contributed by atoms with Crippen molar-refractivity contribution in [3.05, 3.63) is 62.3 Å². The molecule has 5 nitrogen and oxygen atoms in total. The maximum Gasteiger partial charge on any atom is 0.329 e. The van der Waals surface area contributed by atoms with Gasteiger partial charge in [-0.3, -0.25) is 14.3 Å². The standard InChI is InChI=1S/C13H15N3O2/c1-9-3-2-4-10(7-9)5-6-16-11(14)8-12(17)15-13(16)18/h2-4,7-8H,5-6,14H2,1H3,(H,15,17,18). The Kier molecular flexibility index (Phi) is 3.32. The SMILES string of the molecule is Cc1cccc(CCn2c(N)cc(=O)[nH]c2=O)c1. The first-order valence-corrected chi connectivity index (χ1v) is 5.71. The molecule has 5 heteroatoms. The van der Waals surface area contributed by atoms with Gasteiger partial charge >= 0.3 is 5.69 Å². The van der Waals surface area contributed by atoms with E-state index in [1.165, 1.54) is 16.2 Å². The lowest BCUT2D eigenvalue weighted by atomic mass is 10.1. The van der Waals surface area contributed by atoms with Crippen molar-refractivity contribution in [3.63, 3.8) is 0 Å². The third-order valence-electron chi connectivity index (χ3n) is 2.77. The van der Waals surface area contributed by atoms with Gasteiger partial charge in [-0.25, -0.2) is 4.79 Å². The number of nitrogens with zero attached hydrogens (tertiary/aromatic N) is 1. The third-order valence-corrected chi connectivity index (χ3v) is 2.77. The zero-order valence-corrected chi connectivity index (χ0v) is 10.1. The molecule has 3 N–H and O–H groups in total. The molecule has 1 aromatic heterocycles. The number of aromatic amines is 1. The zero-order valence-electron chi connectivity index (χ0n) is 10.1. The molecule has 0 fully saturated rings. The average molecular weight is 245 g/mol. The predicted octanol–water partition coefficient (Wildman–Crippen LogP) is 0.670. The molecule has 0 atom stereocenters. The minimum Gasteiger partial charge on any atom is -0.385 e. The van der Waals surface area contributed by atoms with Crippen LogP contribution in [0.5, 0.6) is 0 Å². The highest BCUT2D eigenvalue weighted by atomic mass is 16.2. The van der Waals surface area contributed by atoms with Gasteiger partial charge < -0.3 is 5.73 Å². The van der Waals surface area contributed by atoms with Gasteiger partial charge in [0.1, 0.15) is 5.82 Å². The van der Waals surface area contributed by atoms with E-state index in [4.69, 9.17) is 5.73 Å². The van der Waals surface area contributed by atoms with Crippen LogP contribution >= 0.6 is 0 Å². The number of anilines is 1. The molecular weight excluding hydrogens is 230 g/mol. The first-order valence-electron chi connectivity index (χ1n) is 5.71. The third kappa shape index (κ3) is 2.68. The molecule has 0 radical (unpaired) electrons.